The van der Waals surface area contributed by atoms with Crippen molar-refractivity contribution in [2.24, 2.45) is 17.6 Å². The van der Waals surface area contributed by atoms with Gasteiger partial charge in [0.05, 0.1) is 35.8 Å². The molecule has 2 amide bonds. The number of nitrogens with one attached hydrogen (secondary N) is 2. The lowest BCUT2D eigenvalue weighted by molar-refractivity contribution is -0.120. The molecule has 12 heteroatoms. The van der Waals surface area contributed by atoms with E-state index in [0.29, 0.717) is 30.4 Å². The molecule has 0 radical (unpaired) electrons. The Morgan fingerprint density at radius 1 is 1.16 bits per heavy atom. The fraction of sp³-hybridized carbons (Fsp3) is 0.613. The van der Waals surface area contributed by atoms with Crippen LogP contribution in [0, 0.1) is 11.8 Å². The Kier molecular flexibility index (Phi) is 13.8. The first kappa shape index (κ1) is 35.9. The third kappa shape index (κ3) is 10.1. The van der Waals surface area contributed by atoms with Crippen molar-refractivity contribution in [2.45, 2.75) is 90.8 Å². The van der Waals surface area contributed by atoms with Gasteiger partial charge in [0.15, 0.2) is 6.10 Å². The van der Waals surface area contributed by atoms with E-state index in [-0.39, 0.29) is 35.9 Å². The summed E-state index contributed by atoms with van der Waals surface area (Å²) < 4.78 is 16.7. The van der Waals surface area contributed by atoms with Gasteiger partial charge in [-0.1, -0.05) is 26.0 Å². The van der Waals surface area contributed by atoms with Crippen LogP contribution in [0.2, 0.25) is 0 Å². The topological polar surface area (TPSA) is 187 Å². The van der Waals surface area contributed by atoms with E-state index >= 15 is 0 Å². The van der Waals surface area contributed by atoms with E-state index in [0.717, 1.165) is 6.08 Å². The van der Waals surface area contributed by atoms with E-state index in [2.05, 4.69) is 10.6 Å². The van der Waals surface area contributed by atoms with Crippen molar-refractivity contribution >= 4 is 23.6 Å². The van der Waals surface area contributed by atoms with Gasteiger partial charge in [0.2, 0.25) is 11.6 Å². The van der Waals surface area contributed by atoms with Gasteiger partial charge >= 0.3 is 6.09 Å². The first-order valence-electron chi connectivity index (χ1n) is 14.5. The van der Waals surface area contributed by atoms with E-state index < -0.39 is 60.0 Å². The molecule has 7 atom stereocenters. The number of rotatable bonds is 6. The molecular weight excluding hydrogens is 558 g/mol. The lowest BCUT2D eigenvalue weighted by atomic mass is 9.85. The summed E-state index contributed by atoms with van der Waals surface area (Å²) in [6.45, 7) is 8.62. The van der Waals surface area contributed by atoms with Crippen LogP contribution in [0.15, 0.2) is 46.3 Å². The number of methoxy groups -OCH3 is 2. The van der Waals surface area contributed by atoms with Crippen LogP contribution in [0.1, 0.15) is 60.3 Å². The highest BCUT2D eigenvalue weighted by Crippen LogP contribution is 2.29. The number of aliphatic hydroxyl groups is 2. The fourth-order valence-electron chi connectivity index (χ4n) is 5.33. The van der Waals surface area contributed by atoms with Crippen LogP contribution in [0.3, 0.4) is 0 Å². The molecule has 0 saturated carbocycles. The number of carbonyl (C=O) groups is 4. The molecule has 2 bridgehead atoms. The summed E-state index contributed by atoms with van der Waals surface area (Å²) in [7, 11) is 2.96. The second-order valence-electron chi connectivity index (χ2n) is 11.5. The number of aliphatic hydroxyl groups excluding tert-OH is 2. The fourth-order valence-corrected chi connectivity index (χ4v) is 5.33. The quantitative estimate of drug-likeness (QED) is 0.221. The van der Waals surface area contributed by atoms with Gasteiger partial charge in [-0.25, -0.2) is 4.79 Å². The van der Waals surface area contributed by atoms with E-state index in [1.165, 1.54) is 14.2 Å². The maximum absolute atomic E-state index is 13.6. The number of amides is 2. The van der Waals surface area contributed by atoms with Crippen molar-refractivity contribution < 1.29 is 43.6 Å². The Morgan fingerprint density at radius 2 is 1.81 bits per heavy atom. The lowest BCUT2D eigenvalue weighted by Crippen LogP contribution is -2.38. The van der Waals surface area contributed by atoms with Crippen LogP contribution in [0.25, 0.3) is 0 Å². The number of hydrogen-bond donors (Lipinski definition) is 5. The molecule has 0 unspecified atom stereocenters. The number of allylic oxidation sites excluding steroid dienone is 3. The first-order valence-corrected chi connectivity index (χ1v) is 14.5. The molecular formula is C31H47N3O9. The zero-order valence-corrected chi connectivity index (χ0v) is 26.1. The smallest absolute Gasteiger partial charge is 0.405 e. The van der Waals surface area contributed by atoms with Crippen LogP contribution in [0.4, 0.5) is 4.79 Å². The third-order valence-electron chi connectivity index (χ3n) is 7.69. The summed E-state index contributed by atoms with van der Waals surface area (Å²) in [6, 6.07) is 0. The van der Waals surface area contributed by atoms with E-state index in [4.69, 9.17) is 19.9 Å². The number of primary amides is 1. The van der Waals surface area contributed by atoms with Crippen molar-refractivity contribution in [1.82, 2.24) is 10.6 Å². The van der Waals surface area contributed by atoms with Crippen LogP contribution >= 0.6 is 0 Å². The minimum Gasteiger partial charge on any atom is -0.439 e. The molecule has 43 heavy (non-hydrogen) atoms. The van der Waals surface area contributed by atoms with Gasteiger partial charge in [-0.2, -0.15) is 0 Å². The minimum atomic E-state index is -0.976. The van der Waals surface area contributed by atoms with Gasteiger partial charge in [-0.05, 0) is 57.9 Å². The van der Waals surface area contributed by atoms with Crippen molar-refractivity contribution in [3.8, 4) is 0 Å². The standard InChI is InChI=1S/C31H47N3O9/c1-16-11-21-26(33-15-20(5)35)23(36)14-22(28(21)38)34-30(39)17(2)9-8-10-24(41-6)29(43-31(32)40)19(4)13-18(3)27(37)25(12-16)42-7/h9,13-14,16,18,20,24-25,27,29,33,35,37H,8,10-12,15H2,1-7H3,(H2,32,40)(H,34,39)/b17-9-,19-13-/t16-,18+,20-,24+,25+,27-,29+/m1/s1. The van der Waals surface area contributed by atoms with Crippen LogP contribution < -0.4 is 16.4 Å². The molecule has 1 heterocycles. The predicted molar refractivity (Wildman–Crippen MR) is 159 cm³/mol. The number of ether oxygens (including phenoxy) is 3. The number of Topliss-reactive ketones (excluding diaryl/α,β-unsaturated/α-hetero) is 1. The number of carbonyl (C=O) groups excluding carboxylic acids is 4. The number of ketones is 2. The molecule has 0 aromatic carbocycles. The SMILES string of the molecule is CO[C@H]1C[C@H](C)CC2=C(NC[C@@H](C)O)C(=O)C=C(NC(=O)/C(C)=C\CC[C@H](OC)[C@@H](OC(N)=O)/C(C)=C\[C@H](C)[C@H]1O)C2=O. The summed E-state index contributed by atoms with van der Waals surface area (Å²) in [5, 5.41) is 26.5. The van der Waals surface area contributed by atoms with E-state index in [1.54, 1.807) is 39.8 Å². The van der Waals surface area contributed by atoms with Gasteiger partial charge in [0.25, 0.3) is 5.91 Å². The van der Waals surface area contributed by atoms with Crippen molar-refractivity contribution in [2.75, 3.05) is 20.8 Å². The van der Waals surface area contributed by atoms with Gasteiger partial charge in [0, 0.05) is 43.9 Å². The highest BCUT2D eigenvalue weighted by molar-refractivity contribution is 6.23. The molecule has 6 N–H and O–H groups in total. The van der Waals surface area contributed by atoms with Crippen LogP contribution in [-0.4, -0.2) is 85.1 Å². The van der Waals surface area contributed by atoms with Crippen molar-refractivity contribution in [3.63, 3.8) is 0 Å². The van der Waals surface area contributed by atoms with Crippen molar-refractivity contribution in [1.29, 1.82) is 0 Å². The molecule has 2 aliphatic rings. The molecule has 0 spiro atoms. The summed E-state index contributed by atoms with van der Waals surface area (Å²) in [6.07, 6.45) is 0.909. The van der Waals surface area contributed by atoms with Gasteiger partial charge < -0.3 is 40.8 Å². The number of nitrogens with two attached hydrogens (primary N) is 1. The molecule has 1 aliphatic carbocycles. The normalized spacial score (nSPS) is 31.7. The van der Waals surface area contributed by atoms with Gasteiger partial charge in [-0.15, -0.1) is 0 Å². The molecule has 12 nitrogen and oxygen atoms in total. The highest BCUT2D eigenvalue weighted by Gasteiger charge is 2.33. The molecule has 0 fully saturated rings. The Hall–Kier alpha value is -3.32. The van der Waals surface area contributed by atoms with E-state index in [1.807, 2.05) is 6.92 Å². The molecule has 240 valence electrons. The first-order chi connectivity index (χ1) is 20.2. The molecule has 0 saturated heterocycles. The summed E-state index contributed by atoms with van der Waals surface area (Å²) in [4.78, 5) is 51.5. The summed E-state index contributed by atoms with van der Waals surface area (Å²) in [5.41, 5.74) is 6.40. The summed E-state index contributed by atoms with van der Waals surface area (Å²) in [5.74, 6) is -2.23. The minimum absolute atomic E-state index is 0.0507. The number of hydrogen-bond acceptors (Lipinski definition) is 10. The Balaban J connectivity index is 2.57. The maximum atomic E-state index is 13.6. The average Bonchev–Trinajstić information content (AvgIpc) is 2.93. The Morgan fingerprint density at radius 3 is 2.40 bits per heavy atom. The lowest BCUT2D eigenvalue weighted by Gasteiger charge is -2.30. The third-order valence-corrected chi connectivity index (χ3v) is 7.69. The van der Waals surface area contributed by atoms with E-state index in [9.17, 15) is 29.4 Å². The molecule has 2 rings (SSSR count). The molecule has 1 aliphatic heterocycles. The highest BCUT2D eigenvalue weighted by atomic mass is 16.6. The Labute approximate surface area is 253 Å². The molecule has 0 aromatic rings. The van der Waals surface area contributed by atoms with Gasteiger partial charge in [0.1, 0.15) is 0 Å². The zero-order chi connectivity index (χ0) is 32.4. The predicted octanol–water partition coefficient (Wildman–Crippen LogP) is 1.96. The van der Waals surface area contributed by atoms with Crippen molar-refractivity contribution in [3.05, 3.63) is 46.3 Å². The van der Waals surface area contributed by atoms with Gasteiger partial charge in [-0.3, -0.25) is 14.4 Å². The Bertz CT molecular complexity index is 1170. The number of fused-ring (bicyclic) bond motifs is 2. The zero-order valence-electron chi connectivity index (χ0n) is 26.1. The molecule has 0 aromatic heterocycles. The largest absolute Gasteiger partial charge is 0.439 e. The second-order valence-corrected chi connectivity index (χ2v) is 11.5. The van der Waals surface area contributed by atoms with Crippen LogP contribution in [0.5, 0.6) is 0 Å². The monoisotopic (exact) mass is 605 g/mol. The van der Waals surface area contributed by atoms with Crippen LogP contribution in [-0.2, 0) is 28.6 Å². The second kappa shape index (κ2) is 16.5. The average molecular weight is 606 g/mol. The maximum Gasteiger partial charge on any atom is 0.405 e. The summed E-state index contributed by atoms with van der Waals surface area (Å²) >= 11 is 0.